The normalized spacial score (nSPS) is 10.5. The van der Waals surface area contributed by atoms with Crippen LogP contribution in [0.5, 0.6) is 5.75 Å². The summed E-state index contributed by atoms with van der Waals surface area (Å²) in [5.74, 6) is -0.294. The number of carbonyl (C=O) groups excluding carboxylic acids is 2. The second kappa shape index (κ2) is 9.23. The molecule has 0 atom stereocenters. The highest BCUT2D eigenvalue weighted by atomic mass is 32.1. The molecule has 0 aliphatic rings. The summed E-state index contributed by atoms with van der Waals surface area (Å²) < 4.78 is 23.5. The van der Waals surface area contributed by atoms with Gasteiger partial charge in [0.2, 0.25) is 0 Å². The van der Waals surface area contributed by atoms with Crippen LogP contribution in [0, 0.1) is 5.82 Å². The van der Waals surface area contributed by atoms with E-state index in [0.717, 1.165) is 10.6 Å². The third kappa shape index (κ3) is 5.23. The van der Waals surface area contributed by atoms with Gasteiger partial charge in [0.1, 0.15) is 23.2 Å². The molecule has 144 valence electrons. The maximum absolute atomic E-state index is 13.0. The number of ketones is 1. The van der Waals surface area contributed by atoms with Gasteiger partial charge in [0.05, 0.1) is 5.69 Å². The molecule has 7 heteroatoms. The molecule has 0 radical (unpaired) electrons. The Bertz CT molecular complexity index is 951. The van der Waals surface area contributed by atoms with Gasteiger partial charge >= 0.3 is 5.97 Å². The molecule has 0 fully saturated rings. The van der Waals surface area contributed by atoms with E-state index >= 15 is 0 Å². The number of Topliss-reactive ketones (excluding diaryl/α,β-unsaturated/α-hetero) is 1. The van der Waals surface area contributed by atoms with Crippen LogP contribution >= 0.6 is 11.3 Å². The van der Waals surface area contributed by atoms with E-state index < -0.39 is 5.97 Å². The van der Waals surface area contributed by atoms with Crippen molar-refractivity contribution in [1.82, 2.24) is 4.98 Å². The minimum Gasteiger partial charge on any atom is -0.482 e. The SMILES string of the molecule is CCC(=O)c1ccc(OCC(=O)OCc2csc(-c3ccc(F)cc3)n2)cc1. The van der Waals surface area contributed by atoms with Crippen molar-refractivity contribution in [1.29, 1.82) is 0 Å². The fourth-order valence-electron chi connectivity index (χ4n) is 2.38. The summed E-state index contributed by atoms with van der Waals surface area (Å²) in [7, 11) is 0. The van der Waals surface area contributed by atoms with Crippen molar-refractivity contribution < 1.29 is 23.5 Å². The van der Waals surface area contributed by atoms with Gasteiger partial charge in [-0.2, -0.15) is 0 Å². The van der Waals surface area contributed by atoms with Crippen molar-refractivity contribution in [2.45, 2.75) is 20.0 Å². The minimum absolute atomic E-state index is 0.0316. The van der Waals surface area contributed by atoms with Gasteiger partial charge in [0, 0.05) is 22.9 Å². The van der Waals surface area contributed by atoms with Crippen LogP contribution in [0.4, 0.5) is 4.39 Å². The fourth-order valence-corrected chi connectivity index (χ4v) is 3.19. The number of halogens is 1. The Morgan fingerprint density at radius 3 is 2.46 bits per heavy atom. The number of ether oxygens (including phenoxy) is 2. The maximum Gasteiger partial charge on any atom is 0.344 e. The van der Waals surface area contributed by atoms with Crippen LogP contribution in [0.15, 0.2) is 53.9 Å². The van der Waals surface area contributed by atoms with Crippen LogP contribution in [-0.4, -0.2) is 23.3 Å². The van der Waals surface area contributed by atoms with Gasteiger partial charge in [-0.15, -0.1) is 11.3 Å². The van der Waals surface area contributed by atoms with Gasteiger partial charge in [0.25, 0.3) is 0 Å². The molecule has 0 saturated heterocycles. The summed E-state index contributed by atoms with van der Waals surface area (Å²) in [5.41, 5.74) is 2.02. The molecule has 1 aromatic heterocycles. The van der Waals surface area contributed by atoms with Crippen LogP contribution < -0.4 is 4.74 Å². The molecular weight excluding hydrogens is 381 g/mol. The highest BCUT2D eigenvalue weighted by Gasteiger charge is 2.09. The zero-order valence-corrected chi connectivity index (χ0v) is 16.0. The third-order valence-electron chi connectivity index (χ3n) is 3.88. The molecule has 2 aromatic carbocycles. The van der Waals surface area contributed by atoms with E-state index in [-0.39, 0.29) is 24.8 Å². The highest BCUT2D eigenvalue weighted by molar-refractivity contribution is 7.13. The van der Waals surface area contributed by atoms with Crippen molar-refractivity contribution in [3.05, 3.63) is 71.0 Å². The Hall–Kier alpha value is -3.06. The number of benzene rings is 2. The number of hydrogen-bond donors (Lipinski definition) is 0. The number of carbonyl (C=O) groups is 2. The summed E-state index contributed by atoms with van der Waals surface area (Å²) in [5, 5.41) is 2.51. The molecule has 0 aliphatic carbocycles. The Kier molecular flexibility index (Phi) is 6.49. The minimum atomic E-state index is -0.523. The lowest BCUT2D eigenvalue weighted by atomic mass is 10.1. The number of thiazole rings is 1. The number of hydrogen-bond acceptors (Lipinski definition) is 6. The second-order valence-electron chi connectivity index (χ2n) is 5.90. The lowest BCUT2D eigenvalue weighted by Gasteiger charge is -2.07. The molecule has 28 heavy (non-hydrogen) atoms. The van der Waals surface area contributed by atoms with Gasteiger partial charge < -0.3 is 9.47 Å². The van der Waals surface area contributed by atoms with Crippen molar-refractivity contribution >= 4 is 23.1 Å². The van der Waals surface area contributed by atoms with E-state index in [9.17, 15) is 14.0 Å². The monoisotopic (exact) mass is 399 g/mol. The smallest absolute Gasteiger partial charge is 0.344 e. The Morgan fingerprint density at radius 2 is 1.79 bits per heavy atom. The summed E-state index contributed by atoms with van der Waals surface area (Å²) in [6.45, 7) is 1.59. The molecule has 1 heterocycles. The molecule has 3 aromatic rings. The first-order valence-electron chi connectivity index (χ1n) is 8.67. The Labute approximate surface area is 165 Å². The van der Waals surface area contributed by atoms with Gasteiger partial charge in [0.15, 0.2) is 12.4 Å². The average molecular weight is 399 g/mol. The van der Waals surface area contributed by atoms with Crippen molar-refractivity contribution in [2.24, 2.45) is 0 Å². The summed E-state index contributed by atoms with van der Waals surface area (Å²) in [6, 6.07) is 12.7. The number of esters is 1. The first-order chi connectivity index (χ1) is 13.5. The van der Waals surface area contributed by atoms with E-state index in [1.54, 1.807) is 48.7 Å². The quantitative estimate of drug-likeness (QED) is 0.407. The first kappa shape index (κ1) is 19.7. The maximum atomic E-state index is 13.0. The predicted molar refractivity (Wildman–Crippen MR) is 104 cm³/mol. The lowest BCUT2D eigenvalue weighted by molar-refractivity contribution is -0.147. The van der Waals surface area contributed by atoms with Crippen molar-refractivity contribution in [3.8, 4) is 16.3 Å². The molecule has 0 bridgehead atoms. The standard InChI is InChI=1S/C21H18FNO4S/c1-2-19(24)14-5-9-18(10-6-14)26-12-20(25)27-11-17-13-28-21(23-17)15-3-7-16(22)8-4-15/h3-10,13H,2,11-12H2,1H3. The molecule has 0 unspecified atom stereocenters. The molecule has 0 spiro atoms. The van der Waals surface area contributed by atoms with Crippen LogP contribution in [0.1, 0.15) is 29.4 Å². The highest BCUT2D eigenvalue weighted by Crippen LogP contribution is 2.24. The van der Waals surface area contributed by atoms with Crippen LogP contribution in [-0.2, 0) is 16.1 Å². The van der Waals surface area contributed by atoms with E-state index in [0.29, 0.717) is 23.4 Å². The molecule has 0 aliphatic heterocycles. The average Bonchev–Trinajstić information content (AvgIpc) is 3.20. The van der Waals surface area contributed by atoms with E-state index in [4.69, 9.17) is 9.47 Å². The van der Waals surface area contributed by atoms with Gasteiger partial charge in [-0.05, 0) is 48.5 Å². The van der Waals surface area contributed by atoms with Gasteiger partial charge in [-0.1, -0.05) is 6.92 Å². The largest absolute Gasteiger partial charge is 0.482 e. The van der Waals surface area contributed by atoms with Crippen molar-refractivity contribution in [2.75, 3.05) is 6.61 Å². The summed E-state index contributed by atoms with van der Waals surface area (Å²) in [6.07, 6.45) is 0.437. The third-order valence-corrected chi connectivity index (χ3v) is 4.82. The number of aromatic nitrogens is 1. The van der Waals surface area contributed by atoms with Crippen LogP contribution in [0.25, 0.3) is 10.6 Å². The van der Waals surface area contributed by atoms with Gasteiger partial charge in [-0.25, -0.2) is 14.2 Å². The molecule has 3 rings (SSSR count). The van der Waals surface area contributed by atoms with Gasteiger partial charge in [-0.3, -0.25) is 4.79 Å². The summed E-state index contributed by atoms with van der Waals surface area (Å²) >= 11 is 1.39. The van der Waals surface area contributed by atoms with Crippen molar-refractivity contribution in [3.63, 3.8) is 0 Å². The Balaban J connectivity index is 1.47. The zero-order chi connectivity index (χ0) is 19.9. The molecular formula is C21H18FNO4S. The first-order valence-corrected chi connectivity index (χ1v) is 9.55. The predicted octanol–water partition coefficient (Wildman–Crippen LogP) is 4.66. The summed E-state index contributed by atoms with van der Waals surface area (Å²) in [4.78, 5) is 27.8. The Morgan fingerprint density at radius 1 is 1.07 bits per heavy atom. The number of nitrogens with zero attached hydrogens (tertiary/aromatic N) is 1. The van der Waals surface area contributed by atoms with Crippen LogP contribution in [0.3, 0.4) is 0 Å². The molecule has 0 saturated carbocycles. The molecule has 5 nitrogen and oxygen atoms in total. The fraction of sp³-hybridized carbons (Fsp3) is 0.190. The topological polar surface area (TPSA) is 65.5 Å². The van der Waals surface area contributed by atoms with E-state index in [1.807, 2.05) is 0 Å². The van der Waals surface area contributed by atoms with E-state index in [2.05, 4.69) is 4.98 Å². The number of rotatable bonds is 8. The van der Waals surface area contributed by atoms with Crippen LogP contribution in [0.2, 0.25) is 0 Å². The zero-order valence-electron chi connectivity index (χ0n) is 15.2. The second-order valence-corrected chi connectivity index (χ2v) is 6.76. The molecule has 0 N–H and O–H groups in total. The van der Waals surface area contributed by atoms with E-state index in [1.165, 1.54) is 23.5 Å². The molecule has 0 amide bonds. The lowest BCUT2D eigenvalue weighted by Crippen LogP contribution is -2.14.